The summed E-state index contributed by atoms with van der Waals surface area (Å²) in [6.07, 6.45) is -1.16. The Morgan fingerprint density at radius 2 is 2.00 bits per heavy atom. The van der Waals surface area contributed by atoms with Crippen molar-refractivity contribution < 1.29 is 22.4 Å². The van der Waals surface area contributed by atoms with Crippen LogP contribution in [0.4, 0.5) is 29.2 Å². The van der Waals surface area contributed by atoms with E-state index in [4.69, 9.17) is 0 Å². The molecule has 1 atom stereocenters. The normalized spacial score (nSPS) is 17.5. The Kier molecular flexibility index (Phi) is 5.18. The van der Waals surface area contributed by atoms with Crippen LogP contribution < -0.4 is 10.6 Å². The molecule has 1 aliphatic heterocycles. The molecule has 2 N–H and O–H groups in total. The Morgan fingerprint density at radius 3 is 2.71 bits per heavy atom. The van der Waals surface area contributed by atoms with Crippen LogP contribution in [-0.2, 0) is 16.6 Å². The van der Waals surface area contributed by atoms with E-state index in [1.54, 1.807) is 36.8 Å². The number of hydrogen-bond donors (Lipinski definition) is 2. The minimum absolute atomic E-state index is 0.0979. The molecular formula is C23H19F4N7O. The molecule has 35 heavy (non-hydrogen) atoms. The van der Waals surface area contributed by atoms with E-state index in [-0.39, 0.29) is 29.5 Å². The molecule has 0 spiro atoms. The van der Waals surface area contributed by atoms with Crippen LogP contribution in [0.2, 0.25) is 0 Å². The highest BCUT2D eigenvalue weighted by Gasteiger charge is 2.48. The van der Waals surface area contributed by atoms with Gasteiger partial charge in [0.15, 0.2) is 11.5 Å². The predicted octanol–water partition coefficient (Wildman–Crippen LogP) is 4.12. The van der Waals surface area contributed by atoms with E-state index < -0.39 is 29.7 Å². The number of benzene rings is 1. The summed E-state index contributed by atoms with van der Waals surface area (Å²) < 4.78 is 54.1. The Balaban J connectivity index is 1.64. The fourth-order valence-electron chi connectivity index (χ4n) is 4.27. The van der Waals surface area contributed by atoms with E-state index >= 15 is 0 Å². The van der Waals surface area contributed by atoms with Crippen LogP contribution in [0.25, 0.3) is 17.2 Å². The topological polar surface area (TPSA) is 97.1 Å². The van der Waals surface area contributed by atoms with Crippen molar-refractivity contribution >= 4 is 23.2 Å². The number of nitrogens with zero attached hydrogens (tertiary/aromatic N) is 5. The van der Waals surface area contributed by atoms with Crippen molar-refractivity contribution in [3.8, 4) is 11.5 Å². The first-order chi connectivity index (χ1) is 16.6. The standard InChI is InChI=1S/C23H19F4N7O/c1-22(12-4-3-5-13(24)10-12)16-18(28-2)31-17(32-19(16)33-21(22)35)15-11-34-9-8-29-20(34)14(30-15)6-7-23(25,26)27/h3-5,8-11H,6-7H2,1-2H3,(H2,28,31,32,33,35). The van der Waals surface area contributed by atoms with Crippen LogP contribution in [0.5, 0.6) is 0 Å². The molecule has 0 saturated carbocycles. The number of aromatic nitrogens is 5. The number of halogens is 4. The highest BCUT2D eigenvalue weighted by molar-refractivity contribution is 6.09. The lowest BCUT2D eigenvalue weighted by Gasteiger charge is -2.24. The SMILES string of the molecule is CNc1nc(-c2cn3ccnc3c(CCC(F)(F)F)n2)nc2c1C(C)(c1cccc(F)c1)C(=O)N2. The maximum Gasteiger partial charge on any atom is 0.389 e. The minimum atomic E-state index is -4.35. The fraction of sp³-hybridized carbons (Fsp3) is 0.261. The third kappa shape index (κ3) is 3.84. The van der Waals surface area contributed by atoms with Crippen molar-refractivity contribution in [2.45, 2.75) is 31.4 Å². The Morgan fingerprint density at radius 1 is 1.20 bits per heavy atom. The summed E-state index contributed by atoms with van der Waals surface area (Å²) in [6.45, 7) is 1.65. The van der Waals surface area contributed by atoms with Gasteiger partial charge in [-0.15, -0.1) is 0 Å². The molecule has 0 fully saturated rings. The van der Waals surface area contributed by atoms with E-state index in [9.17, 15) is 22.4 Å². The number of anilines is 2. The number of imidazole rings is 1. The second-order valence-electron chi connectivity index (χ2n) is 8.31. The number of alkyl halides is 3. The number of aryl methyl sites for hydroxylation is 1. The van der Waals surface area contributed by atoms with Crippen LogP contribution in [0.3, 0.4) is 0 Å². The van der Waals surface area contributed by atoms with Crippen LogP contribution in [0.15, 0.2) is 42.9 Å². The summed E-state index contributed by atoms with van der Waals surface area (Å²) in [5.41, 5.74) is 0.247. The van der Waals surface area contributed by atoms with Gasteiger partial charge >= 0.3 is 6.18 Å². The summed E-state index contributed by atoms with van der Waals surface area (Å²) in [4.78, 5) is 30.6. The Hall–Kier alpha value is -4.09. The summed E-state index contributed by atoms with van der Waals surface area (Å²) in [5.74, 6) is -0.289. The van der Waals surface area contributed by atoms with Gasteiger partial charge in [-0.1, -0.05) is 12.1 Å². The maximum atomic E-state index is 14.0. The molecule has 1 aromatic carbocycles. The zero-order chi connectivity index (χ0) is 25.0. The first kappa shape index (κ1) is 22.7. The van der Waals surface area contributed by atoms with Crippen LogP contribution in [0.1, 0.15) is 30.2 Å². The van der Waals surface area contributed by atoms with E-state index in [2.05, 4.69) is 30.6 Å². The van der Waals surface area contributed by atoms with Crippen LogP contribution in [-0.4, -0.2) is 43.5 Å². The van der Waals surface area contributed by atoms with Gasteiger partial charge in [0.2, 0.25) is 5.91 Å². The molecule has 0 saturated heterocycles. The number of carbonyl (C=O) groups is 1. The number of carbonyl (C=O) groups excluding carboxylic acids is 1. The molecular weight excluding hydrogens is 466 g/mol. The predicted molar refractivity (Wildman–Crippen MR) is 119 cm³/mol. The van der Waals surface area contributed by atoms with Crippen molar-refractivity contribution in [2.75, 3.05) is 17.7 Å². The zero-order valence-electron chi connectivity index (χ0n) is 18.6. The van der Waals surface area contributed by atoms with Crippen LogP contribution >= 0.6 is 0 Å². The first-order valence-electron chi connectivity index (χ1n) is 10.7. The molecule has 1 amide bonds. The second kappa shape index (κ2) is 8.00. The molecule has 180 valence electrons. The van der Waals surface area contributed by atoms with Crippen molar-refractivity contribution in [3.05, 3.63) is 65.5 Å². The molecule has 4 aromatic rings. The zero-order valence-corrected chi connectivity index (χ0v) is 18.6. The molecule has 0 aliphatic carbocycles. The lowest BCUT2D eigenvalue weighted by atomic mass is 9.77. The molecule has 12 heteroatoms. The minimum Gasteiger partial charge on any atom is -0.373 e. The van der Waals surface area contributed by atoms with Gasteiger partial charge < -0.3 is 15.0 Å². The lowest BCUT2D eigenvalue weighted by molar-refractivity contribution is -0.134. The maximum absolute atomic E-state index is 14.0. The highest BCUT2D eigenvalue weighted by Crippen LogP contribution is 2.45. The van der Waals surface area contributed by atoms with Crippen LogP contribution in [0, 0.1) is 5.82 Å². The molecule has 1 aliphatic rings. The monoisotopic (exact) mass is 485 g/mol. The number of hydrogen-bond acceptors (Lipinski definition) is 6. The smallest absolute Gasteiger partial charge is 0.373 e. The van der Waals surface area contributed by atoms with Gasteiger partial charge in [-0.3, -0.25) is 4.79 Å². The number of nitrogens with one attached hydrogen (secondary N) is 2. The highest BCUT2D eigenvalue weighted by atomic mass is 19.4. The number of amides is 1. The van der Waals surface area contributed by atoms with E-state index in [0.29, 0.717) is 22.6 Å². The molecule has 4 heterocycles. The molecule has 0 radical (unpaired) electrons. The van der Waals surface area contributed by atoms with Gasteiger partial charge in [-0.2, -0.15) is 13.2 Å². The van der Waals surface area contributed by atoms with Gasteiger partial charge in [-0.25, -0.2) is 24.3 Å². The van der Waals surface area contributed by atoms with Gasteiger partial charge in [0.25, 0.3) is 0 Å². The van der Waals surface area contributed by atoms with Crippen molar-refractivity contribution in [1.82, 2.24) is 24.3 Å². The van der Waals surface area contributed by atoms with Gasteiger partial charge in [-0.05, 0) is 24.6 Å². The Bertz CT molecular complexity index is 1470. The third-order valence-corrected chi connectivity index (χ3v) is 6.05. The van der Waals surface area contributed by atoms with Gasteiger partial charge in [0.1, 0.15) is 28.6 Å². The summed E-state index contributed by atoms with van der Waals surface area (Å²) in [5, 5.41) is 5.69. The molecule has 3 aromatic heterocycles. The van der Waals surface area contributed by atoms with Gasteiger partial charge in [0, 0.05) is 38.5 Å². The fourth-order valence-corrected chi connectivity index (χ4v) is 4.27. The van der Waals surface area contributed by atoms with Crippen molar-refractivity contribution in [3.63, 3.8) is 0 Å². The Labute approximate surface area is 196 Å². The third-order valence-electron chi connectivity index (χ3n) is 6.05. The van der Waals surface area contributed by atoms with Crippen molar-refractivity contribution in [1.29, 1.82) is 0 Å². The molecule has 8 nitrogen and oxygen atoms in total. The molecule has 5 rings (SSSR count). The quantitative estimate of drug-likeness (QED) is 0.413. The summed E-state index contributed by atoms with van der Waals surface area (Å²) >= 11 is 0. The number of fused-ring (bicyclic) bond motifs is 2. The lowest BCUT2D eigenvalue weighted by Crippen LogP contribution is -2.33. The average Bonchev–Trinajstić information content (AvgIpc) is 3.39. The average molecular weight is 485 g/mol. The van der Waals surface area contributed by atoms with E-state index in [1.165, 1.54) is 24.4 Å². The summed E-state index contributed by atoms with van der Waals surface area (Å²) in [6, 6.07) is 5.73. The molecule has 1 unspecified atom stereocenters. The molecule has 0 bridgehead atoms. The first-order valence-corrected chi connectivity index (χ1v) is 10.7. The van der Waals surface area contributed by atoms with Gasteiger partial charge in [0.05, 0.1) is 11.3 Å². The largest absolute Gasteiger partial charge is 0.389 e. The second-order valence-corrected chi connectivity index (χ2v) is 8.31. The summed E-state index contributed by atoms with van der Waals surface area (Å²) in [7, 11) is 1.61. The number of rotatable bonds is 5. The van der Waals surface area contributed by atoms with E-state index in [0.717, 1.165) is 0 Å². The van der Waals surface area contributed by atoms with E-state index in [1.807, 2.05) is 0 Å². The van der Waals surface area contributed by atoms with Crippen molar-refractivity contribution in [2.24, 2.45) is 0 Å².